The van der Waals surface area contributed by atoms with Crippen LogP contribution in [0.4, 0.5) is 0 Å². The molecule has 1 aliphatic heterocycles. The van der Waals surface area contributed by atoms with Crippen LogP contribution in [-0.2, 0) is 14.3 Å². The van der Waals surface area contributed by atoms with Crippen LogP contribution in [0.2, 0.25) is 0 Å². The van der Waals surface area contributed by atoms with Crippen molar-refractivity contribution in [3.63, 3.8) is 0 Å². The van der Waals surface area contributed by atoms with E-state index >= 15 is 0 Å². The number of likely N-dealkylation sites (tertiary alicyclic amines) is 1. The number of nitrogens with zero attached hydrogens (tertiary/aromatic N) is 1. The van der Waals surface area contributed by atoms with Gasteiger partial charge in [0, 0.05) is 6.54 Å². The van der Waals surface area contributed by atoms with E-state index in [4.69, 9.17) is 0 Å². The molecule has 0 saturated carbocycles. The first-order valence-electron chi connectivity index (χ1n) is 5.78. The Labute approximate surface area is 96.1 Å². The van der Waals surface area contributed by atoms with Gasteiger partial charge in [0.2, 0.25) is 5.91 Å². The first-order valence-corrected chi connectivity index (χ1v) is 5.78. The van der Waals surface area contributed by atoms with Gasteiger partial charge in [-0.2, -0.15) is 0 Å². The third-order valence-electron chi connectivity index (χ3n) is 2.75. The smallest absolute Gasteiger partial charge is 0.328 e. The van der Waals surface area contributed by atoms with E-state index in [0.29, 0.717) is 19.5 Å². The number of carbonyl (C=O) groups excluding carboxylic acids is 2. The van der Waals surface area contributed by atoms with Gasteiger partial charge >= 0.3 is 5.97 Å². The lowest BCUT2D eigenvalue weighted by Crippen LogP contribution is -2.45. The van der Waals surface area contributed by atoms with Crippen molar-refractivity contribution in [3.8, 4) is 0 Å². The third kappa shape index (κ3) is 3.20. The molecule has 1 amide bonds. The van der Waals surface area contributed by atoms with Crippen LogP contribution in [0.25, 0.3) is 0 Å². The topological polar surface area (TPSA) is 58.6 Å². The normalized spacial score (nSPS) is 19.9. The lowest BCUT2D eigenvalue weighted by atomic mass is 10.2. The Kier molecular flexibility index (Phi) is 5.25. The van der Waals surface area contributed by atoms with Crippen molar-refractivity contribution in [3.05, 3.63) is 0 Å². The summed E-state index contributed by atoms with van der Waals surface area (Å²) >= 11 is 0. The molecule has 0 aliphatic carbocycles. The molecule has 5 nitrogen and oxygen atoms in total. The van der Waals surface area contributed by atoms with Gasteiger partial charge in [0.25, 0.3) is 0 Å². The van der Waals surface area contributed by atoms with Crippen molar-refractivity contribution in [2.75, 3.05) is 26.7 Å². The Hall–Kier alpha value is -1.10. The van der Waals surface area contributed by atoms with Crippen LogP contribution in [0.3, 0.4) is 0 Å². The SMILES string of the molecule is CCCNCC(=O)N1CCCC1C(=O)OC. The maximum absolute atomic E-state index is 11.8. The summed E-state index contributed by atoms with van der Waals surface area (Å²) in [5.74, 6) is -0.317. The van der Waals surface area contributed by atoms with Crippen molar-refractivity contribution in [2.24, 2.45) is 0 Å². The second-order valence-corrected chi connectivity index (χ2v) is 3.95. The van der Waals surface area contributed by atoms with Crippen molar-refractivity contribution < 1.29 is 14.3 Å². The lowest BCUT2D eigenvalue weighted by Gasteiger charge is -2.22. The highest BCUT2D eigenvalue weighted by Crippen LogP contribution is 2.18. The third-order valence-corrected chi connectivity index (χ3v) is 2.75. The highest BCUT2D eigenvalue weighted by Gasteiger charge is 2.34. The zero-order valence-corrected chi connectivity index (χ0v) is 9.99. The van der Waals surface area contributed by atoms with Crippen LogP contribution < -0.4 is 5.32 Å². The zero-order valence-electron chi connectivity index (χ0n) is 9.99. The molecule has 1 atom stereocenters. The summed E-state index contributed by atoms with van der Waals surface area (Å²) in [6, 6.07) is -0.374. The number of esters is 1. The van der Waals surface area contributed by atoms with E-state index in [9.17, 15) is 9.59 Å². The number of nitrogens with one attached hydrogen (secondary N) is 1. The monoisotopic (exact) mass is 228 g/mol. The molecule has 1 fully saturated rings. The molecule has 16 heavy (non-hydrogen) atoms. The maximum Gasteiger partial charge on any atom is 0.328 e. The number of hydrogen-bond acceptors (Lipinski definition) is 4. The lowest BCUT2D eigenvalue weighted by molar-refractivity contribution is -0.150. The Morgan fingerprint density at radius 3 is 2.88 bits per heavy atom. The summed E-state index contributed by atoms with van der Waals surface area (Å²) in [6.45, 7) is 3.83. The Bertz CT molecular complexity index is 256. The molecule has 1 N–H and O–H groups in total. The van der Waals surface area contributed by atoms with E-state index in [1.165, 1.54) is 7.11 Å². The van der Waals surface area contributed by atoms with Crippen LogP contribution >= 0.6 is 0 Å². The summed E-state index contributed by atoms with van der Waals surface area (Å²) in [6.07, 6.45) is 2.58. The van der Waals surface area contributed by atoms with Gasteiger partial charge in [-0.15, -0.1) is 0 Å². The summed E-state index contributed by atoms with van der Waals surface area (Å²) in [5.41, 5.74) is 0. The molecule has 0 aromatic rings. The van der Waals surface area contributed by atoms with E-state index < -0.39 is 0 Å². The highest BCUT2D eigenvalue weighted by atomic mass is 16.5. The van der Waals surface area contributed by atoms with Gasteiger partial charge in [-0.3, -0.25) is 4.79 Å². The fourth-order valence-electron chi connectivity index (χ4n) is 1.92. The first kappa shape index (κ1) is 13.0. The summed E-state index contributed by atoms with van der Waals surface area (Å²) in [4.78, 5) is 24.8. The predicted molar refractivity (Wildman–Crippen MR) is 59.9 cm³/mol. The van der Waals surface area contributed by atoms with Crippen LogP contribution in [0, 0.1) is 0 Å². The van der Waals surface area contributed by atoms with Crippen molar-refractivity contribution >= 4 is 11.9 Å². The number of amides is 1. The molecule has 1 saturated heterocycles. The number of rotatable bonds is 5. The van der Waals surface area contributed by atoms with E-state index in [-0.39, 0.29) is 17.9 Å². The molecule has 1 aliphatic rings. The highest BCUT2D eigenvalue weighted by molar-refractivity contribution is 5.86. The van der Waals surface area contributed by atoms with Crippen LogP contribution in [-0.4, -0.2) is 49.6 Å². The fourth-order valence-corrected chi connectivity index (χ4v) is 1.92. The standard InChI is InChI=1S/C11H20N2O3/c1-3-6-12-8-10(14)13-7-4-5-9(13)11(15)16-2/h9,12H,3-8H2,1-2H3. The molecule has 0 aromatic heterocycles. The molecular formula is C11H20N2O3. The summed E-state index contributed by atoms with van der Waals surface area (Å²) in [7, 11) is 1.36. The van der Waals surface area contributed by atoms with Crippen LogP contribution in [0.1, 0.15) is 26.2 Å². The molecule has 92 valence electrons. The zero-order chi connectivity index (χ0) is 12.0. The minimum Gasteiger partial charge on any atom is -0.467 e. The first-order chi connectivity index (χ1) is 7.70. The van der Waals surface area contributed by atoms with Gasteiger partial charge in [-0.25, -0.2) is 4.79 Å². The quantitative estimate of drug-likeness (QED) is 0.537. The van der Waals surface area contributed by atoms with Crippen molar-refractivity contribution in [1.82, 2.24) is 10.2 Å². The molecule has 0 aromatic carbocycles. The summed E-state index contributed by atoms with van der Waals surface area (Å²) in [5, 5.41) is 3.05. The Balaban J connectivity index is 2.44. The minimum atomic E-state index is -0.374. The van der Waals surface area contributed by atoms with E-state index in [0.717, 1.165) is 19.4 Å². The second-order valence-electron chi connectivity index (χ2n) is 3.95. The van der Waals surface area contributed by atoms with Gasteiger partial charge in [0.15, 0.2) is 0 Å². The van der Waals surface area contributed by atoms with Gasteiger partial charge in [-0.1, -0.05) is 6.92 Å². The van der Waals surface area contributed by atoms with Crippen molar-refractivity contribution in [2.45, 2.75) is 32.2 Å². The summed E-state index contributed by atoms with van der Waals surface area (Å²) < 4.78 is 4.69. The van der Waals surface area contributed by atoms with Gasteiger partial charge < -0.3 is 15.0 Å². The molecule has 0 radical (unpaired) electrons. The van der Waals surface area contributed by atoms with E-state index in [2.05, 4.69) is 10.1 Å². The molecule has 5 heteroatoms. The molecular weight excluding hydrogens is 208 g/mol. The van der Waals surface area contributed by atoms with Crippen molar-refractivity contribution in [1.29, 1.82) is 0 Å². The molecule has 0 bridgehead atoms. The second kappa shape index (κ2) is 6.48. The fraction of sp³-hybridized carbons (Fsp3) is 0.818. The van der Waals surface area contributed by atoms with Gasteiger partial charge in [0.05, 0.1) is 13.7 Å². The van der Waals surface area contributed by atoms with Crippen LogP contribution in [0.5, 0.6) is 0 Å². The number of hydrogen-bond donors (Lipinski definition) is 1. The molecule has 1 heterocycles. The number of methoxy groups -OCH3 is 1. The Morgan fingerprint density at radius 1 is 1.50 bits per heavy atom. The largest absolute Gasteiger partial charge is 0.467 e. The maximum atomic E-state index is 11.8. The molecule has 0 spiro atoms. The Morgan fingerprint density at radius 2 is 2.25 bits per heavy atom. The average Bonchev–Trinajstić information content (AvgIpc) is 2.77. The van der Waals surface area contributed by atoms with Gasteiger partial charge in [0.1, 0.15) is 6.04 Å². The van der Waals surface area contributed by atoms with Crippen LogP contribution in [0.15, 0.2) is 0 Å². The minimum absolute atomic E-state index is 0.0126. The van der Waals surface area contributed by atoms with E-state index in [1.807, 2.05) is 6.92 Å². The number of carbonyl (C=O) groups is 2. The molecule has 1 unspecified atom stereocenters. The average molecular weight is 228 g/mol. The predicted octanol–water partition coefficient (Wildman–Crippen LogP) is 0.150. The van der Waals surface area contributed by atoms with Gasteiger partial charge in [-0.05, 0) is 25.8 Å². The number of ether oxygens (including phenoxy) is 1. The van der Waals surface area contributed by atoms with E-state index in [1.54, 1.807) is 4.90 Å². The molecule has 1 rings (SSSR count).